The van der Waals surface area contributed by atoms with Crippen LogP contribution in [0.1, 0.15) is 147 Å². The van der Waals surface area contributed by atoms with E-state index in [9.17, 15) is 33.6 Å². The Morgan fingerprint density at radius 3 is 1.45 bits per heavy atom. The van der Waals surface area contributed by atoms with Crippen LogP contribution in [0.25, 0.3) is 0 Å². The first kappa shape index (κ1) is 62.8. The molecule has 5 amide bonds. The Bertz CT molecular complexity index is 1660. The average Bonchev–Trinajstić information content (AvgIpc) is 4.09. The number of rotatable bonds is 29. The maximum absolute atomic E-state index is 11.7. The number of unbranched alkanes of at least 4 members (excludes halogenated alkanes) is 1. The second-order valence-corrected chi connectivity index (χ2v) is 21.5. The molecule has 3 atom stereocenters. The molecule has 1 aliphatic carbocycles. The fourth-order valence-corrected chi connectivity index (χ4v) is 10.3. The van der Waals surface area contributed by atoms with E-state index in [1.807, 2.05) is 26.8 Å². The molecule has 12 nitrogen and oxygen atoms in total. The Kier molecular flexibility index (Phi) is 39.3. The van der Waals surface area contributed by atoms with Gasteiger partial charge in [-0.2, -0.15) is 0 Å². The van der Waals surface area contributed by atoms with E-state index < -0.39 is 0 Å². The summed E-state index contributed by atoms with van der Waals surface area (Å²) in [5, 5.41) is 14.2. The minimum atomic E-state index is -0.147. The Morgan fingerprint density at radius 1 is 0.578 bits per heavy atom. The number of carbonyl (C=O) groups is 7. The van der Waals surface area contributed by atoms with Crippen molar-refractivity contribution in [1.29, 1.82) is 0 Å². The monoisotopic (exact) mass is 1130 g/mol. The number of aryl methyl sites for hydroxylation is 2. The molecular formula is C50H83N5O7Te2. The molecule has 3 rings (SSSR count). The molecule has 0 bridgehead atoms. The van der Waals surface area contributed by atoms with Gasteiger partial charge in [0.05, 0.1) is 0 Å². The van der Waals surface area contributed by atoms with Crippen LogP contribution < -0.4 is 26.6 Å². The molecule has 2 aromatic heterocycles. The van der Waals surface area contributed by atoms with Crippen LogP contribution in [0.3, 0.4) is 0 Å². The maximum atomic E-state index is 11.7. The van der Waals surface area contributed by atoms with Crippen LogP contribution in [0.5, 0.6) is 0 Å². The molecule has 14 heteroatoms. The van der Waals surface area contributed by atoms with Gasteiger partial charge < -0.3 is 10.6 Å². The third kappa shape index (κ3) is 32.4. The van der Waals surface area contributed by atoms with Crippen molar-refractivity contribution in [1.82, 2.24) is 26.6 Å². The number of hydrogen-bond acceptors (Lipinski definition) is 7. The summed E-state index contributed by atoms with van der Waals surface area (Å²) in [6.45, 7) is 13.8. The molecule has 5 N–H and O–H groups in total. The first-order valence-corrected chi connectivity index (χ1v) is 27.6. The van der Waals surface area contributed by atoms with Gasteiger partial charge in [-0.25, -0.2) is 0 Å². The fourth-order valence-electron chi connectivity index (χ4n) is 6.28. The quantitative estimate of drug-likeness (QED) is 0.0427. The van der Waals surface area contributed by atoms with Crippen LogP contribution >= 0.6 is 0 Å². The van der Waals surface area contributed by atoms with E-state index in [4.69, 9.17) is 0 Å². The van der Waals surface area contributed by atoms with E-state index in [0.29, 0.717) is 64.1 Å². The molecule has 0 spiro atoms. The Morgan fingerprint density at radius 2 is 1.03 bits per heavy atom. The number of ketones is 2. The van der Waals surface area contributed by atoms with Crippen LogP contribution in [-0.2, 0) is 46.4 Å². The van der Waals surface area contributed by atoms with Crippen LogP contribution in [0.2, 0.25) is 0 Å². The molecule has 64 heavy (non-hydrogen) atoms. The van der Waals surface area contributed by atoms with Crippen molar-refractivity contribution in [2.45, 2.75) is 153 Å². The molecule has 2 aromatic rings. The molecule has 2 heterocycles. The zero-order valence-corrected chi connectivity index (χ0v) is 42.9. The van der Waals surface area contributed by atoms with Crippen molar-refractivity contribution >= 4 is 82.0 Å². The van der Waals surface area contributed by atoms with E-state index in [1.54, 1.807) is 13.8 Å². The molecule has 0 saturated heterocycles. The van der Waals surface area contributed by atoms with Crippen molar-refractivity contribution in [3.05, 3.63) is 63.4 Å². The molecule has 3 unspecified atom stereocenters. The van der Waals surface area contributed by atoms with Gasteiger partial charge in [-0.15, -0.1) is 0 Å². The van der Waals surface area contributed by atoms with Gasteiger partial charge in [-0.05, 0) is 32.6 Å². The van der Waals surface area contributed by atoms with E-state index in [-0.39, 0.29) is 109 Å². The zero-order valence-electron chi connectivity index (χ0n) is 38.2. The van der Waals surface area contributed by atoms with Gasteiger partial charge in [-0.3, -0.25) is 14.4 Å². The molecule has 362 valence electrons. The summed E-state index contributed by atoms with van der Waals surface area (Å²) in [4.78, 5) is 80.6. The third-order valence-electron chi connectivity index (χ3n) is 10.6. The first-order valence-electron chi connectivity index (χ1n) is 22.5. The second-order valence-electron chi connectivity index (χ2n) is 15.6. The fraction of sp³-hybridized carbons (Fsp3) is 0.620. The molecule has 0 fully saturated rings. The molecule has 0 saturated carbocycles. The number of hydrogen-bond donors (Lipinski definition) is 5. The molecule has 0 aromatic carbocycles. The van der Waals surface area contributed by atoms with Gasteiger partial charge in [0, 0.05) is 25.4 Å². The van der Waals surface area contributed by atoms with Crippen molar-refractivity contribution in [3.8, 4) is 0 Å². The summed E-state index contributed by atoms with van der Waals surface area (Å²) in [6.07, 6.45) is 17.8. The number of carbonyl (C=O) groups excluding carboxylic acids is 7. The van der Waals surface area contributed by atoms with Gasteiger partial charge in [-0.1, -0.05) is 59.4 Å². The Labute approximate surface area is 406 Å². The average molecular weight is 1120 g/mol. The van der Waals surface area contributed by atoms with Crippen LogP contribution in [-0.4, -0.2) is 115 Å². The van der Waals surface area contributed by atoms with Gasteiger partial charge in [0.1, 0.15) is 5.78 Å². The summed E-state index contributed by atoms with van der Waals surface area (Å²) in [5.41, 5.74) is 1.31. The number of nitrogens with one attached hydrogen (secondary N) is 5. The first-order chi connectivity index (χ1) is 29.8. The minimum absolute atomic E-state index is 0. The van der Waals surface area contributed by atoms with Crippen molar-refractivity contribution in [3.63, 3.8) is 0 Å². The van der Waals surface area contributed by atoms with Crippen molar-refractivity contribution in [2.24, 2.45) is 17.8 Å². The standard InChI is InChI=1S/C17H26N2O3Te.C16H25NO2Te.C15H24N2O2.2CH4/c1-3-14(13(2)20)6-8-16(21)18-10-11-19-17(22)9-7-15-5-4-12-23-15;1-3-14(13(2)18)7-4-5-11-17-16(19)10-9-15-8-6-12-20-15;1-3-12(2)15(19)17-11-10-16-14(18)9-8-13-6-4-5-7-13;;/h4-5,12,14H,3,6-11H2,1-2H3,(H,18,21)(H,19,22);6,8,12,14H,3-5,7,9-11H2,1-2H3,(H,17,19);4-6,12H,3,7-11H2,1-2H3,(H,16,18)(H,17,19);2*1H4. The molecule has 1 aliphatic rings. The van der Waals surface area contributed by atoms with Crippen molar-refractivity contribution in [2.75, 3.05) is 32.7 Å². The van der Waals surface area contributed by atoms with Gasteiger partial charge >= 0.3 is 249 Å². The van der Waals surface area contributed by atoms with Crippen LogP contribution in [0.15, 0.2) is 56.2 Å². The predicted molar refractivity (Wildman–Crippen MR) is 264 cm³/mol. The second kappa shape index (κ2) is 40.0. The Hall–Kier alpha value is -3.29. The van der Waals surface area contributed by atoms with E-state index in [2.05, 4.69) is 78.1 Å². The number of Topliss-reactive ketones (excluding diaryl/α,β-unsaturated/α-hetero) is 2. The van der Waals surface area contributed by atoms with Crippen LogP contribution in [0, 0.1) is 17.8 Å². The summed E-state index contributed by atoms with van der Waals surface area (Å²) >= 11 is -0.236. The number of allylic oxidation sites excluding steroid dienone is 4. The van der Waals surface area contributed by atoms with E-state index >= 15 is 0 Å². The van der Waals surface area contributed by atoms with E-state index in [1.165, 1.54) is 12.7 Å². The zero-order chi connectivity index (χ0) is 46.0. The van der Waals surface area contributed by atoms with Gasteiger partial charge in [0.2, 0.25) is 11.8 Å². The summed E-state index contributed by atoms with van der Waals surface area (Å²) in [7, 11) is 0. The Balaban J connectivity index is 0. The SMILES string of the molecule is C.C.CCC(C)C(=O)NCCNC(=O)CCC1=CC=CC1.CCC(CCC(=O)NCCNC(=O)CCc1ccc[te]1)C(C)=O.CCC(CCCCNC(=O)CCc1ccc[te]1)C(C)=O. The summed E-state index contributed by atoms with van der Waals surface area (Å²) in [6, 6.07) is 8.44. The van der Waals surface area contributed by atoms with E-state index in [0.717, 1.165) is 70.8 Å². The van der Waals surface area contributed by atoms with Crippen molar-refractivity contribution < 1.29 is 33.6 Å². The summed E-state index contributed by atoms with van der Waals surface area (Å²) < 4.78 is 7.34. The number of amides is 5. The predicted octanol–water partition coefficient (Wildman–Crippen LogP) is 7.09. The topological polar surface area (TPSA) is 180 Å². The molecule has 0 radical (unpaired) electrons. The third-order valence-corrected chi connectivity index (χ3v) is 16.0. The van der Waals surface area contributed by atoms with Gasteiger partial charge in [0.25, 0.3) is 0 Å². The molecule has 0 aliphatic heterocycles. The normalized spacial score (nSPS) is 12.4. The summed E-state index contributed by atoms with van der Waals surface area (Å²) in [5.74, 6) is 0.877. The van der Waals surface area contributed by atoms with Gasteiger partial charge in [0.15, 0.2) is 0 Å². The molecular weight excluding hydrogens is 1040 g/mol. The van der Waals surface area contributed by atoms with Crippen LogP contribution in [0.4, 0.5) is 0 Å².